The van der Waals surface area contributed by atoms with Crippen molar-refractivity contribution in [3.8, 4) is 12.3 Å². The van der Waals surface area contributed by atoms with Crippen LogP contribution in [-0.2, 0) is 10.2 Å². The van der Waals surface area contributed by atoms with Crippen LogP contribution >= 0.6 is 0 Å². The van der Waals surface area contributed by atoms with Crippen molar-refractivity contribution in [2.24, 2.45) is 0 Å². The Bertz CT molecular complexity index is 426. The van der Waals surface area contributed by atoms with Crippen LogP contribution in [0.3, 0.4) is 0 Å². The van der Waals surface area contributed by atoms with Gasteiger partial charge in [0.1, 0.15) is 0 Å². The van der Waals surface area contributed by atoms with E-state index < -0.39 is 0 Å². The standard InChI is InChI=1S/C14H15NO/c1-3-11(2)15-13(16)14(9-10-14)12-7-5-4-6-8-12/h1,4-8,11H,9-10H2,2H3,(H,15,16). The fraction of sp³-hybridized carbons (Fsp3) is 0.357. The third kappa shape index (κ3) is 1.81. The molecule has 0 aliphatic heterocycles. The Morgan fingerprint density at radius 1 is 1.44 bits per heavy atom. The van der Waals surface area contributed by atoms with E-state index in [9.17, 15) is 4.79 Å². The molecule has 1 fully saturated rings. The average molecular weight is 213 g/mol. The fourth-order valence-corrected chi connectivity index (χ4v) is 1.91. The summed E-state index contributed by atoms with van der Waals surface area (Å²) in [6.07, 6.45) is 7.09. The molecule has 0 spiro atoms. The van der Waals surface area contributed by atoms with Crippen LogP contribution in [0, 0.1) is 12.3 Å². The van der Waals surface area contributed by atoms with Gasteiger partial charge in [-0.1, -0.05) is 36.3 Å². The minimum Gasteiger partial charge on any atom is -0.342 e. The normalized spacial score (nSPS) is 18.2. The summed E-state index contributed by atoms with van der Waals surface area (Å²) >= 11 is 0. The predicted octanol–water partition coefficient (Wildman–Crippen LogP) is 1.86. The second-order valence-corrected chi connectivity index (χ2v) is 4.31. The number of rotatable bonds is 3. The minimum absolute atomic E-state index is 0.0594. The lowest BCUT2D eigenvalue weighted by atomic mass is 9.95. The molecule has 1 aromatic rings. The summed E-state index contributed by atoms with van der Waals surface area (Å²) in [5, 5.41) is 2.86. The van der Waals surface area contributed by atoms with Gasteiger partial charge in [-0.25, -0.2) is 0 Å². The van der Waals surface area contributed by atoms with E-state index >= 15 is 0 Å². The van der Waals surface area contributed by atoms with Crippen LogP contribution in [0.2, 0.25) is 0 Å². The molecule has 1 atom stereocenters. The molecule has 1 amide bonds. The zero-order chi connectivity index (χ0) is 11.6. The van der Waals surface area contributed by atoms with Gasteiger partial charge < -0.3 is 5.32 Å². The predicted molar refractivity (Wildman–Crippen MR) is 63.8 cm³/mol. The van der Waals surface area contributed by atoms with Crippen LogP contribution < -0.4 is 5.32 Å². The summed E-state index contributed by atoms with van der Waals surface area (Å²) in [4.78, 5) is 12.1. The molecule has 1 unspecified atom stereocenters. The first-order valence-corrected chi connectivity index (χ1v) is 5.52. The lowest BCUT2D eigenvalue weighted by Gasteiger charge is -2.17. The molecule has 82 valence electrons. The maximum absolute atomic E-state index is 12.1. The second kappa shape index (κ2) is 4.02. The molecule has 1 aliphatic rings. The van der Waals surface area contributed by atoms with E-state index in [1.165, 1.54) is 0 Å². The van der Waals surface area contributed by atoms with Gasteiger partial charge in [0, 0.05) is 0 Å². The average Bonchev–Trinajstić information content (AvgIpc) is 3.11. The minimum atomic E-state index is -0.313. The highest BCUT2D eigenvalue weighted by molar-refractivity contribution is 5.91. The first-order chi connectivity index (χ1) is 7.69. The zero-order valence-corrected chi connectivity index (χ0v) is 9.36. The van der Waals surface area contributed by atoms with Gasteiger partial charge >= 0.3 is 0 Å². The quantitative estimate of drug-likeness (QED) is 0.763. The number of nitrogens with one attached hydrogen (secondary N) is 1. The molecule has 0 heterocycles. The van der Waals surface area contributed by atoms with Gasteiger partial charge in [0.25, 0.3) is 0 Å². The summed E-state index contributed by atoms with van der Waals surface area (Å²) in [6.45, 7) is 1.82. The summed E-state index contributed by atoms with van der Waals surface area (Å²) in [7, 11) is 0. The van der Waals surface area contributed by atoms with Gasteiger partial charge in [0.2, 0.25) is 5.91 Å². The van der Waals surface area contributed by atoms with E-state index in [1.54, 1.807) is 0 Å². The molecule has 2 heteroatoms. The molecular formula is C14H15NO. The van der Waals surface area contributed by atoms with E-state index in [1.807, 2.05) is 37.3 Å². The van der Waals surface area contributed by atoms with Gasteiger partial charge in [-0.05, 0) is 25.3 Å². The van der Waals surface area contributed by atoms with Crippen molar-refractivity contribution in [2.75, 3.05) is 0 Å². The smallest absolute Gasteiger partial charge is 0.231 e. The molecule has 1 N–H and O–H groups in total. The maximum atomic E-state index is 12.1. The number of amides is 1. The molecule has 0 bridgehead atoms. The van der Waals surface area contributed by atoms with Crippen LogP contribution in [0.15, 0.2) is 30.3 Å². The Kier molecular flexibility index (Phi) is 2.70. The molecular weight excluding hydrogens is 198 g/mol. The first kappa shape index (κ1) is 10.8. The highest BCUT2D eigenvalue weighted by Crippen LogP contribution is 2.48. The Labute approximate surface area is 96.1 Å². The largest absolute Gasteiger partial charge is 0.342 e. The summed E-state index contributed by atoms with van der Waals surface area (Å²) in [5.74, 6) is 2.57. The topological polar surface area (TPSA) is 29.1 Å². The van der Waals surface area contributed by atoms with Gasteiger partial charge in [0.15, 0.2) is 0 Å². The van der Waals surface area contributed by atoms with Crippen molar-refractivity contribution in [1.29, 1.82) is 0 Å². The monoisotopic (exact) mass is 213 g/mol. The number of carbonyl (C=O) groups excluding carboxylic acids is 1. The zero-order valence-electron chi connectivity index (χ0n) is 9.36. The Hall–Kier alpha value is -1.75. The summed E-state index contributed by atoms with van der Waals surface area (Å²) in [6, 6.07) is 9.70. The van der Waals surface area contributed by atoms with Gasteiger partial charge in [-0.2, -0.15) is 0 Å². The van der Waals surface area contributed by atoms with E-state index in [0.29, 0.717) is 0 Å². The van der Waals surface area contributed by atoms with Crippen LogP contribution in [0.4, 0.5) is 0 Å². The van der Waals surface area contributed by atoms with E-state index in [4.69, 9.17) is 6.42 Å². The van der Waals surface area contributed by atoms with Gasteiger partial charge in [0.05, 0.1) is 11.5 Å². The molecule has 16 heavy (non-hydrogen) atoms. The Morgan fingerprint density at radius 3 is 2.56 bits per heavy atom. The molecule has 1 aliphatic carbocycles. The van der Waals surface area contributed by atoms with Crippen LogP contribution in [-0.4, -0.2) is 11.9 Å². The van der Waals surface area contributed by atoms with Crippen LogP contribution in [0.1, 0.15) is 25.3 Å². The third-order valence-electron chi connectivity index (χ3n) is 3.11. The summed E-state index contributed by atoms with van der Waals surface area (Å²) < 4.78 is 0. The SMILES string of the molecule is C#CC(C)NC(=O)C1(c2ccccc2)CC1. The van der Waals surface area contributed by atoms with Crippen molar-refractivity contribution in [3.63, 3.8) is 0 Å². The van der Waals surface area contributed by atoms with Crippen molar-refractivity contribution in [1.82, 2.24) is 5.32 Å². The molecule has 0 radical (unpaired) electrons. The van der Waals surface area contributed by atoms with Crippen molar-refractivity contribution in [2.45, 2.75) is 31.2 Å². The second-order valence-electron chi connectivity index (χ2n) is 4.31. The number of hydrogen-bond donors (Lipinski definition) is 1. The number of benzene rings is 1. The highest BCUT2D eigenvalue weighted by atomic mass is 16.2. The van der Waals surface area contributed by atoms with Crippen LogP contribution in [0.25, 0.3) is 0 Å². The summed E-state index contributed by atoms with van der Waals surface area (Å²) in [5.41, 5.74) is 0.781. The highest BCUT2D eigenvalue weighted by Gasteiger charge is 2.51. The van der Waals surface area contributed by atoms with E-state index in [-0.39, 0.29) is 17.4 Å². The molecule has 1 saturated carbocycles. The lowest BCUT2D eigenvalue weighted by Crippen LogP contribution is -2.39. The van der Waals surface area contributed by atoms with Gasteiger partial charge in [-0.15, -0.1) is 6.42 Å². The van der Waals surface area contributed by atoms with Gasteiger partial charge in [-0.3, -0.25) is 4.79 Å². The molecule has 0 saturated heterocycles. The Morgan fingerprint density at radius 2 is 2.06 bits per heavy atom. The maximum Gasteiger partial charge on any atom is 0.231 e. The van der Waals surface area contributed by atoms with Crippen molar-refractivity contribution < 1.29 is 4.79 Å². The third-order valence-corrected chi connectivity index (χ3v) is 3.11. The molecule has 2 nitrogen and oxygen atoms in total. The van der Waals surface area contributed by atoms with Crippen molar-refractivity contribution in [3.05, 3.63) is 35.9 Å². The molecule has 1 aromatic carbocycles. The van der Waals surface area contributed by atoms with Crippen molar-refractivity contribution >= 4 is 5.91 Å². The number of carbonyl (C=O) groups is 1. The fourth-order valence-electron chi connectivity index (χ4n) is 1.91. The van der Waals surface area contributed by atoms with E-state index in [2.05, 4.69) is 11.2 Å². The molecule has 0 aromatic heterocycles. The Balaban J connectivity index is 2.15. The lowest BCUT2D eigenvalue weighted by molar-refractivity contribution is -0.123. The first-order valence-electron chi connectivity index (χ1n) is 5.52. The van der Waals surface area contributed by atoms with E-state index in [0.717, 1.165) is 18.4 Å². The van der Waals surface area contributed by atoms with Crippen LogP contribution in [0.5, 0.6) is 0 Å². The number of hydrogen-bond acceptors (Lipinski definition) is 1. The molecule has 2 rings (SSSR count). The number of terminal acetylenes is 1.